The minimum absolute atomic E-state index is 0.0697. The van der Waals surface area contributed by atoms with Gasteiger partial charge in [-0.2, -0.15) is 0 Å². The van der Waals surface area contributed by atoms with E-state index in [1.165, 1.54) is 37.8 Å². The van der Waals surface area contributed by atoms with Crippen molar-refractivity contribution in [3.63, 3.8) is 0 Å². The Bertz CT molecular complexity index is 446. The summed E-state index contributed by atoms with van der Waals surface area (Å²) in [6.45, 7) is 8.78. The number of piperidine rings is 1. The number of aromatic hydroxyl groups is 1. The molecule has 1 fully saturated rings. The molecule has 0 aliphatic carbocycles. The van der Waals surface area contributed by atoms with Crippen molar-refractivity contribution in [2.45, 2.75) is 52.5 Å². The molecular formula is C17H26FNO. The molecule has 1 aliphatic rings. The van der Waals surface area contributed by atoms with Gasteiger partial charge in [-0.25, -0.2) is 4.39 Å². The van der Waals surface area contributed by atoms with E-state index >= 15 is 0 Å². The van der Waals surface area contributed by atoms with Crippen molar-refractivity contribution in [1.82, 2.24) is 4.90 Å². The van der Waals surface area contributed by atoms with Crippen LogP contribution in [0.25, 0.3) is 0 Å². The quantitative estimate of drug-likeness (QED) is 0.877. The zero-order valence-electron chi connectivity index (χ0n) is 12.8. The molecule has 1 saturated heterocycles. The van der Waals surface area contributed by atoms with E-state index < -0.39 is 0 Å². The van der Waals surface area contributed by atoms with Gasteiger partial charge in [0.2, 0.25) is 0 Å². The second kappa shape index (κ2) is 6.13. The van der Waals surface area contributed by atoms with E-state index in [9.17, 15) is 9.50 Å². The molecule has 1 N–H and O–H groups in total. The SMILES string of the molecule is CCC1(CC)CCN(C(C)c2ccc(F)cc2O)CC1. The van der Waals surface area contributed by atoms with Crippen LogP contribution in [0.4, 0.5) is 4.39 Å². The van der Waals surface area contributed by atoms with E-state index in [0.717, 1.165) is 18.7 Å². The Labute approximate surface area is 121 Å². The van der Waals surface area contributed by atoms with Crippen LogP contribution in [-0.4, -0.2) is 23.1 Å². The summed E-state index contributed by atoms with van der Waals surface area (Å²) < 4.78 is 13.1. The monoisotopic (exact) mass is 279 g/mol. The van der Waals surface area contributed by atoms with E-state index in [2.05, 4.69) is 25.7 Å². The van der Waals surface area contributed by atoms with Crippen LogP contribution in [-0.2, 0) is 0 Å². The Hall–Kier alpha value is -1.09. The molecular weight excluding hydrogens is 253 g/mol. The number of benzene rings is 1. The molecule has 0 aromatic heterocycles. The Morgan fingerprint density at radius 2 is 1.85 bits per heavy atom. The van der Waals surface area contributed by atoms with Crippen LogP contribution < -0.4 is 0 Å². The maximum atomic E-state index is 13.1. The van der Waals surface area contributed by atoms with Crippen LogP contribution in [0.2, 0.25) is 0 Å². The number of hydrogen-bond donors (Lipinski definition) is 1. The fourth-order valence-electron chi connectivity index (χ4n) is 3.41. The van der Waals surface area contributed by atoms with Crippen LogP contribution in [0.5, 0.6) is 5.75 Å². The van der Waals surface area contributed by atoms with Gasteiger partial charge in [-0.05, 0) is 44.3 Å². The van der Waals surface area contributed by atoms with Gasteiger partial charge in [-0.1, -0.05) is 32.8 Å². The number of hydrogen-bond acceptors (Lipinski definition) is 2. The van der Waals surface area contributed by atoms with Gasteiger partial charge >= 0.3 is 0 Å². The summed E-state index contributed by atoms with van der Waals surface area (Å²) in [5.74, 6) is -0.312. The van der Waals surface area contributed by atoms with Crippen LogP contribution in [0.1, 0.15) is 58.1 Å². The predicted octanol–water partition coefficient (Wildman–Crippen LogP) is 4.49. The second-order valence-corrected chi connectivity index (χ2v) is 6.12. The fourth-order valence-corrected chi connectivity index (χ4v) is 3.41. The minimum Gasteiger partial charge on any atom is -0.508 e. The van der Waals surface area contributed by atoms with Crippen molar-refractivity contribution in [1.29, 1.82) is 0 Å². The lowest BCUT2D eigenvalue weighted by Gasteiger charge is -2.43. The number of phenols is 1. The molecule has 2 nitrogen and oxygen atoms in total. The van der Waals surface area contributed by atoms with E-state index in [1.807, 2.05) is 0 Å². The maximum Gasteiger partial charge on any atom is 0.126 e. The summed E-state index contributed by atoms with van der Waals surface area (Å²) in [5.41, 5.74) is 1.33. The van der Waals surface area contributed by atoms with Crippen LogP contribution in [0.3, 0.4) is 0 Å². The fraction of sp³-hybridized carbons (Fsp3) is 0.647. The molecule has 1 unspecified atom stereocenters. The highest BCUT2D eigenvalue weighted by Crippen LogP contribution is 2.40. The zero-order valence-corrected chi connectivity index (χ0v) is 12.8. The molecule has 0 spiro atoms. The Balaban J connectivity index is 2.06. The number of rotatable bonds is 4. The highest BCUT2D eigenvalue weighted by molar-refractivity contribution is 5.35. The first-order chi connectivity index (χ1) is 9.51. The third-order valence-electron chi connectivity index (χ3n) is 5.35. The van der Waals surface area contributed by atoms with E-state index in [-0.39, 0.29) is 17.6 Å². The lowest BCUT2D eigenvalue weighted by molar-refractivity contribution is 0.0702. The lowest BCUT2D eigenvalue weighted by Crippen LogP contribution is -2.40. The van der Waals surface area contributed by atoms with Gasteiger partial charge in [0.05, 0.1) is 0 Å². The molecule has 0 amide bonds. The van der Waals surface area contributed by atoms with Crippen molar-refractivity contribution in [3.05, 3.63) is 29.6 Å². The zero-order chi connectivity index (χ0) is 14.8. The summed E-state index contributed by atoms with van der Waals surface area (Å²) in [7, 11) is 0. The first kappa shape index (κ1) is 15.3. The predicted molar refractivity (Wildman–Crippen MR) is 80.3 cm³/mol. The third kappa shape index (κ3) is 2.98. The molecule has 3 heteroatoms. The number of nitrogens with zero attached hydrogens (tertiary/aromatic N) is 1. The summed E-state index contributed by atoms with van der Waals surface area (Å²) in [5, 5.41) is 9.92. The second-order valence-electron chi connectivity index (χ2n) is 6.12. The topological polar surface area (TPSA) is 23.5 Å². The molecule has 1 aromatic rings. The van der Waals surface area contributed by atoms with Gasteiger partial charge in [0, 0.05) is 17.7 Å². The molecule has 1 aromatic carbocycles. The third-order valence-corrected chi connectivity index (χ3v) is 5.35. The number of phenolic OH excluding ortho intramolecular Hbond substituents is 1. The molecule has 1 aliphatic heterocycles. The summed E-state index contributed by atoms with van der Waals surface area (Å²) in [6.07, 6.45) is 4.92. The smallest absolute Gasteiger partial charge is 0.126 e. The molecule has 0 radical (unpaired) electrons. The highest BCUT2D eigenvalue weighted by Gasteiger charge is 2.33. The number of halogens is 1. The summed E-state index contributed by atoms with van der Waals surface area (Å²) >= 11 is 0. The minimum atomic E-state index is -0.381. The molecule has 112 valence electrons. The van der Waals surface area contributed by atoms with Crippen molar-refractivity contribution >= 4 is 0 Å². The van der Waals surface area contributed by atoms with E-state index in [4.69, 9.17) is 0 Å². The first-order valence-electron chi connectivity index (χ1n) is 7.74. The van der Waals surface area contributed by atoms with Crippen LogP contribution in [0.15, 0.2) is 18.2 Å². The lowest BCUT2D eigenvalue weighted by atomic mass is 9.74. The van der Waals surface area contributed by atoms with Crippen LogP contribution in [0, 0.1) is 11.2 Å². The van der Waals surface area contributed by atoms with E-state index in [1.54, 1.807) is 6.07 Å². The Kier molecular flexibility index (Phi) is 4.69. The molecule has 0 saturated carbocycles. The van der Waals surface area contributed by atoms with Gasteiger partial charge in [0.25, 0.3) is 0 Å². The van der Waals surface area contributed by atoms with Crippen molar-refractivity contribution < 1.29 is 9.50 Å². The van der Waals surface area contributed by atoms with Crippen LogP contribution >= 0.6 is 0 Å². The molecule has 2 rings (SSSR count). The standard InChI is InChI=1S/C17H26FNO/c1-4-17(5-2)8-10-19(11-9-17)13(3)15-7-6-14(18)12-16(15)20/h6-7,12-13,20H,4-5,8-11H2,1-3H3. The van der Waals surface area contributed by atoms with Gasteiger partial charge in [-0.15, -0.1) is 0 Å². The highest BCUT2D eigenvalue weighted by atomic mass is 19.1. The van der Waals surface area contributed by atoms with Crippen molar-refractivity contribution in [2.24, 2.45) is 5.41 Å². The maximum absolute atomic E-state index is 13.1. The molecule has 1 heterocycles. The van der Waals surface area contributed by atoms with Gasteiger partial charge in [0.15, 0.2) is 0 Å². The van der Waals surface area contributed by atoms with E-state index in [0.29, 0.717) is 5.41 Å². The Morgan fingerprint density at radius 3 is 2.35 bits per heavy atom. The molecule has 20 heavy (non-hydrogen) atoms. The number of likely N-dealkylation sites (tertiary alicyclic amines) is 1. The summed E-state index contributed by atoms with van der Waals surface area (Å²) in [6, 6.07) is 4.48. The van der Waals surface area contributed by atoms with Crippen molar-refractivity contribution in [3.8, 4) is 5.75 Å². The van der Waals surface area contributed by atoms with Crippen molar-refractivity contribution in [2.75, 3.05) is 13.1 Å². The summed E-state index contributed by atoms with van der Waals surface area (Å²) in [4.78, 5) is 2.40. The molecule has 1 atom stereocenters. The van der Waals surface area contributed by atoms with Gasteiger partial charge in [-0.3, -0.25) is 4.90 Å². The van der Waals surface area contributed by atoms with Gasteiger partial charge < -0.3 is 5.11 Å². The average Bonchev–Trinajstić information content (AvgIpc) is 2.47. The Morgan fingerprint density at radius 1 is 1.25 bits per heavy atom. The molecule has 0 bridgehead atoms. The average molecular weight is 279 g/mol. The first-order valence-corrected chi connectivity index (χ1v) is 7.74. The normalized spacial score (nSPS) is 20.8. The van der Waals surface area contributed by atoms with Gasteiger partial charge in [0.1, 0.15) is 11.6 Å². The largest absolute Gasteiger partial charge is 0.508 e.